The summed E-state index contributed by atoms with van der Waals surface area (Å²) < 4.78 is 11.4. The summed E-state index contributed by atoms with van der Waals surface area (Å²) in [5.74, 6) is 3.92. The van der Waals surface area contributed by atoms with Gasteiger partial charge in [0.1, 0.15) is 12.2 Å². The van der Waals surface area contributed by atoms with E-state index in [9.17, 15) is 9.59 Å². The predicted octanol–water partition coefficient (Wildman–Crippen LogP) is 6.25. The Morgan fingerprint density at radius 1 is 0.844 bits per heavy atom. The maximum absolute atomic E-state index is 12.1. The first kappa shape index (κ1) is 23.6. The Kier molecular flexibility index (Phi) is 6.62. The Morgan fingerprint density at radius 2 is 1.47 bits per heavy atom. The molecule has 0 aromatic carbocycles. The average molecular weight is 443 g/mol. The number of fused-ring (bicyclic) bond motifs is 5. The summed E-state index contributed by atoms with van der Waals surface area (Å²) in [6.45, 7) is 15.8. The largest absolute Gasteiger partial charge is 0.459 e. The molecular formula is C28H42O4. The Bertz CT molecular complexity index is 772. The van der Waals surface area contributed by atoms with Crippen LogP contribution in [0, 0.1) is 40.9 Å². The lowest BCUT2D eigenvalue weighted by molar-refractivity contribution is -0.148. The molecule has 4 heteroatoms. The smallest absolute Gasteiger partial charge is 0.333 e. The van der Waals surface area contributed by atoms with Crippen molar-refractivity contribution >= 4 is 11.9 Å². The van der Waals surface area contributed by atoms with Gasteiger partial charge < -0.3 is 9.47 Å². The molecule has 0 aromatic rings. The number of ether oxygens (including phenoxy) is 2. The maximum atomic E-state index is 12.1. The second-order valence-corrected chi connectivity index (χ2v) is 12.1. The SMILES string of the molecule is C=C(C)C(=O)OC1CCC(C(C)(C)CC2CCC3C4CC(CC4OC(=O)C(=C)C)C23)CC1. The van der Waals surface area contributed by atoms with Crippen molar-refractivity contribution in [3.8, 4) is 0 Å². The second kappa shape index (κ2) is 8.99. The van der Waals surface area contributed by atoms with E-state index in [0.29, 0.717) is 28.4 Å². The zero-order chi connectivity index (χ0) is 23.2. The Morgan fingerprint density at radius 3 is 2.09 bits per heavy atom. The zero-order valence-corrected chi connectivity index (χ0v) is 20.5. The number of carbonyl (C=O) groups excluding carboxylic acids is 2. The van der Waals surface area contributed by atoms with E-state index in [1.54, 1.807) is 13.8 Å². The summed E-state index contributed by atoms with van der Waals surface area (Å²) in [5.41, 5.74) is 1.32. The molecule has 6 atom stereocenters. The van der Waals surface area contributed by atoms with Gasteiger partial charge in [0.05, 0.1) is 0 Å². The van der Waals surface area contributed by atoms with Crippen LogP contribution in [0.4, 0.5) is 0 Å². The Balaban J connectivity index is 1.30. The van der Waals surface area contributed by atoms with Gasteiger partial charge in [0.25, 0.3) is 0 Å². The van der Waals surface area contributed by atoms with Crippen molar-refractivity contribution in [2.45, 2.75) is 97.7 Å². The van der Waals surface area contributed by atoms with Gasteiger partial charge >= 0.3 is 11.9 Å². The molecule has 4 saturated carbocycles. The molecule has 0 saturated heterocycles. The third kappa shape index (κ3) is 4.56. The molecule has 0 aliphatic heterocycles. The van der Waals surface area contributed by atoms with Gasteiger partial charge in [-0.1, -0.05) is 27.0 Å². The molecule has 2 bridgehead atoms. The molecule has 4 nitrogen and oxygen atoms in total. The van der Waals surface area contributed by atoms with Crippen LogP contribution in [0.15, 0.2) is 24.3 Å². The van der Waals surface area contributed by atoms with E-state index in [4.69, 9.17) is 9.47 Å². The summed E-state index contributed by atoms with van der Waals surface area (Å²) in [6.07, 6.45) is 10.7. The van der Waals surface area contributed by atoms with Crippen molar-refractivity contribution < 1.29 is 19.1 Å². The molecule has 4 rings (SSSR count). The number of esters is 2. The van der Waals surface area contributed by atoms with Gasteiger partial charge in [-0.15, -0.1) is 0 Å². The minimum atomic E-state index is -0.242. The minimum absolute atomic E-state index is 0.0616. The van der Waals surface area contributed by atoms with Crippen molar-refractivity contribution in [3.05, 3.63) is 24.3 Å². The van der Waals surface area contributed by atoms with Crippen molar-refractivity contribution in [2.24, 2.45) is 40.9 Å². The zero-order valence-electron chi connectivity index (χ0n) is 20.5. The highest BCUT2D eigenvalue weighted by atomic mass is 16.5. The number of carbonyl (C=O) groups is 2. The lowest BCUT2D eigenvalue weighted by atomic mass is 9.64. The van der Waals surface area contributed by atoms with Crippen molar-refractivity contribution in [3.63, 3.8) is 0 Å². The van der Waals surface area contributed by atoms with Gasteiger partial charge in [-0.05, 0) is 113 Å². The second-order valence-electron chi connectivity index (χ2n) is 12.1. The summed E-state index contributed by atoms with van der Waals surface area (Å²) in [5, 5.41) is 0. The monoisotopic (exact) mass is 442 g/mol. The topological polar surface area (TPSA) is 52.6 Å². The minimum Gasteiger partial charge on any atom is -0.459 e. The van der Waals surface area contributed by atoms with Crippen LogP contribution in [-0.4, -0.2) is 24.1 Å². The summed E-state index contributed by atoms with van der Waals surface area (Å²) in [6, 6.07) is 0. The first-order valence-corrected chi connectivity index (χ1v) is 12.8. The molecular weight excluding hydrogens is 400 g/mol. The number of hydrogen-bond acceptors (Lipinski definition) is 4. The van der Waals surface area contributed by atoms with Gasteiger partial charge in [0.15, 0.2) is 0 Å². The van der Waals surface area contributed by atoms with E-state index < -0.39 is 0 Å². The van der Waals surface area contributed by atoms with Crippen LogP contribution in [0.5, 0.6) is 0 Å². The highest BCUT2D eigenvalue weighted by Crippen LogP contribution is 2.63. The van der Waals surface area contributed by atoms with Gasteiger partial charge in [-0.3, -0.25) is 0 Å². The molecule has 4 aliphatic rings. The highest BCUT2D eigenvalue weighted by Gasteiger charge is 2.58. The van der Waals surface area contributed by atoms with E-state index in [0.717, 1.165) is 55.8 Å². The van der Waals surface area contributed by atoms with Gasteiger partial charge in [0.2, 0.25) is 0 Å². The maximum Gasteiger partial charge on any atom is 0.333 e. The van der Waals surface area contributed by atoms with E-state index in [2.05, 4.69) is 27.0 Å². The van der Waals surface area contributed by atoms with Gasteiger partial charge in [-0.2, -0.15) is 0 Å². The Labute approximate surface area is 194 Å². The fourth-order valence-corrected chi connectivity index (χ4v) is 7.88. The van der Waals surface area contributed by atoms with Crippen LogP contribution >= 0.6 is 0 Å². The van der Waals surface area contributed by atoms with Crippen LogP contribution < -0.4 is 0 Å². The van der Waals surface area contributed by atoms with Crippen LogP contribution in [0.3, 0.4) is 0 Å². The van der Waals surface area contributed by atoms with Crippen molar-refractivity contribution in [1.29, 1.82) is 0 Å². The van der Waals surface area contributed by atoms with Crippen molar-refractivity contribution in [2.75, 3.05) is 0 Å². The molecule has 0 amide bonds. The third-order valence-electron chi connectivity index (χ3n) is 9.39. The van der Waals surface area contributed by atoms with Crippen molar-refractivity contribution in [1.82, 2.24) is 0 Å². The first-order chi connectivity index (χ1) is 15.1. The molecule has 0 N–H and O–H groups in total. The lowest BCUT2D eigenvalue weighted by Gasteiger charge is -2.42. The molecule has 178 valence electrons. The summed E-state index contributed by atoms with van der Waals surface area (Å²) >= 11 is 0. The number of hydrogen-bond donors (Lipinski definition) is 0. The van der Waals surface area contributed by atoms with Crippen LogP contribution in [0.2, 0.25) is 0 Å². The summed E-state index contributed by atoms with van der Waals surface area (Å²) in [7, 11) is 0. The number of rotatable bonds is 7. The van der Waals surface area contributed by atoms with E-state index >= 15 is 0 Å². The lowest BCUT2D eigenvalue weighted by Crippen LogP contribution is -2.37. The fraction of sp³-hybridized carbons (Fsp3) is 0.786. The van der Waals surface area contributed by atoms with Crippen LogP contribution in [0.1, 0.15) is 85.5 Å². The van der Waals surface area contributed by atoms with E-state index in [-0.39, 0.29) is 24.1 Å². The molecule has 32 heavy (non-hydrogen) atoms. The quantitative estimate of drug-likeness (QED) is 0.345. The van der Waals surface area contributed by atoms with E-state index in [1.807, 2.05) is 0 Å². The molecule has 0 spiro atoms. The third-order valence-corrected chi connectivity index (χ3v) is 9.39. The normalized spacial score (nSPS) is 38.2. The van der Waals surface area contributed by atoms with Gasteiger partial charge in [0, 0.05) is 11.1 Å². The highest BCUT2D eigenvalue weighted by molar-refractivity contribution is 5.87. The van der Waals surface area contributed by atoms with Crippen LogP contribution in [-0.2, 0) is 19.1 Å². The summed E-state index contributed by atoms with van der Waals surface area (Å²) in [4.78, 5) is 23.9. The molecule has 6 unspecified atom stereocenters. The molecule has 0 heterocycles. The Hall–Kier alpha value is -1.58. The van der Waals surface area contributed by atoms with Gasteiger partial charge in [-0.25, -0.2) is 9.59 Å². The molecule has 4 fully saturated rings. The molecule has 4 aliphatic carbocycles. The predicted molar refractivity (Wildman–Crippen MR) is 126 cm³/mol. The van der Waals surface area contributed by atoms with E-state index in [1.165, 1.54) is 25.7 Å². The molecule has 0 radical (unpaired) electrons. The first-order valence-electron chi connectivity index (χ1n) is 12.8. The molecule has 0 aromatic heterocycles. The standard InChI is InChI=1S/C28H42O4/c1-16(2)26(29)31-21-10-8-20(9-11-21)28(5,6)15-18-7-12-22-23-13-19(25(18)22)14-24(23)32-27(30)17(3)4/h18-25H,1,3,7-15H2,2,4-6H3. The van der Waals surface area contributed by atoms with Crippen LogP contribution in [0.25, 0.3) is 0 Å². The fourth-order valence-electron chi connectivity index (χ4n) is 7.88. The average Bonchev–Trinajstić information content (AvgIpc) is 3.41.